The topological polar surface area (TPSA) is 42.2 Å². The van der Waals surface area contributed by atoms with Gasteiger partial charge in [-0.2, -0.15) is 0 Å². The molecule has 0 atom stereocenters. The number of fused-ring (bicyclic) bond motifs is 1. The highest BCUT2D eigenvalue weighted by Crippen LogP contribution is 2.24. The van der Waals surface area contributed by atoms with Crippen molar-refractivity contribution in [2.24, 2.45) is 0 Å². The fourth-order valence-electron chi connectivity index (χ4n) is 2.71. The maximum absolute atomic E-state index is 11.5. The van der Waals surface area contributed by atoms with Crippen molar-refractivity contribution in [1.29, 1.82) is 0 Å². The molecule has 2 aromatic carbocycles. The second kappa shape index (κ2) is 5.09. The molecule has 3 nitrogen and oxygen atoms in total. The summed E-state index contributed by atoms with van der Waals surface area (Å²) in [6.07, 6.45) is 0. The van der Waals surface area contributed by atoms with Crippen LogP contribution in [0.25, 0.3) is 10.9 Å². The second-order valence-electron chi connectivity index (χ2n) is 5.41. The zero-order valence-corrected chi connectivity index (χ0v) is 12.1. The van der Waals surface area contributed by atoms with E-state index in [-0.39, 0.29) is 0 Å². The third-order valence-corrected chi connectivity index (χ3v) is 3.82. The average Bonchev–Trinajstić information content (AvgIpc) is 2.77. The highest BCUT2D eigenvalue weighted by molar-refractivity contribution is 6.02. The SMILES string of the molecule is Cc1ccc(Cn2c(C)cc3cccc(C(=O)O)c32)cc1. The molecule has 1 heterocycles. The summed E-state index contributed by atoms with van der Waals surface area (Å²) in [6.45, 7) is 4.75. The van der Waals surface area contributed by atoms with Gasteiger partial charge in [0, 0.05) is 17.6 Å². The molecule has 3 heteroatoms. The lowest BCUT2D eigenvalue weighted by atomic mass is 10.1. The van der Waals surface area contributed by atoms with E-state index in [0.29, 0.717) is 12.1 Å². The highest BCUT2D eigenvalue weighted by Gasteiger charge is 2.14. The fraction of sp³-hybridized carbons (Fsp3) is 0.167. The summed E-state index contributed by atoms with van der Waals surface area (Å²) < 4.78 is 2.07. The normalized spacial score (nSPS) is 11.0. The van der Waals surface area contributed by atoms with Crippen LogP contribution in [0.15, 0.2) is 48.5 Å². The predicted molar refractivity (Wildman–Crippen MR) is 83.9 cm³/mol. The van der Waals surface area contributed by atoms with Gasteiger partial charge in [0.05, 0.1) is 11.1 Å². The summed E-state index contributed by atoms with van der Waals surface area (Å²) >= 11 is 0. The van der Waals surface area contributed by atoms with Gasteiger partial charge in [-0.15, -0.1) is 0 Å². The third kappa shape index (κ3) is 2.42. The van der Waals surface area contributed by atoms with Gasteiger partial charge in [-0.25, -0.2) is 4.79 Å². The summed E-state index contributed by atoms with van der Waals surface area (Å²) in [6, 6.07) is 15.8. The van der Waals surface area contributed by atoms with Crippen LogP contribution in [0.5, 0.6) is 0 Å². The largest absolute Gasteiger partial charge is 0.478 e. The fourth-order valence-corrected chi connectivity index (χ4v) is 2.71. The van der Waals surface area contributed by atoms with Gasteiger partial charge < -0.3 is 9.67 Å². The van der Waals surface area contributed by atoms with E-state index in [1.165, 1.54) is 11.1 Å². The zero-order valence-electron chi connectivity index (χ0n) is 12.1. The van der Waals surface area contributed by atoms with Gasteiger partial charge in [0.15, 0.2) is 0 Å². The molecule has 1 N–H and O–H groups in total. The Morgan fingerprint density at radius 3 is 2.48 bits per heavy atom. The molecule has 0 aliphatic heterocycles. The van der Waals surface area contributed by atoms with Gasteiger partial charge >= 0.3 is 5.97 Å². The summed E-state index contributed by atoms with van der Waals surface area (Å²) in [5, 5.41) is 10.4. The van der Waals surface area contributed by atoms with E-state index in [9.17, 15) is 9.90 Å². The van der Waals surface area contributed by atoms with E-state index in [0.717, 1.165) is 16.6 Å². The van der Waals surface area contributed by atoms with Crippen LogP contribution >= 0.6 is 0 Å². The van der Waals surface area contributed by atoms with Gasteiger partial charge in [-0.3, -0.25) is 0 Å². The first-order valence-electron chi connectivity index (χ1n) is 6.94. The Morgan fingerprint density at radius 1 is 1.10 bits per heavy atom. The first-order chi connectivity index (χ1) is 10.1. The van der Waals surface area contributed by atoms with E-state index in [4.69, 9.17) is 0 Å². The molecule has 0 fully saturated rings. The first-order valence-corrected chi connectivity index (χ1v) is 6.94. The number of aromatic nitrogens is 1. The number of carbonyl (C=O) groups is 1. The molecule has 106 valence electrons. The van der Waals surface area contributed by atoms with Gasteiger partial charge in [0.25, 0.3) is 0 Å². The number of rotatable bonds is 3. The number of hydrogen-bond donors (Lipinski definition) is 1. The van der Waals surface area contributed by atoms with Gasteiger partial charge in [-0.1, -0.05) is 42.0 Å². The van der Waals surface area contributed by atoms with Crippen LogP contribution in [-0.2, 0) is 6.54 Å². The number of hydrogen-bond acceptors (Lipinski definition) is 1. The van der Waals surface area contributed by atoms with E-state index in [1.54, 1.807) is 12.1 Å². The molecule has 0 saturated heterocycles. The molecule has 0 amide bonds. The number of benzene rings is 2. The number of carboxylic acids is 1. The predicted octanol–water partition coefficient (Wildman–Crippen LogP) is 4.00. The Balaban J connectivity index is 2.15. The van der Waals surface area contributed by atoms with Crippen LogP contribution in [-0.4, -0.2) is 15.6 Å². The molecule has 0 aliphatic carbocycles. The molecule has 0 saturated carbocycles. The molecule has 3 rings (SSSR count). The van der Waals surface area contributed by atoms with Crippen LogP contribution in [0.4, 0.5) is 0 Å². The highest BCUT2D eigenvalue weighted by atomic mass is 16.4. The average molecular weight is 279 g/mol. The Hall–Kier alpha value is -2.55. The van der Waals surface area contributed by atoms with Crippen molar-refractivity contribution in [2.75, 3.05) is 0 Å². The van der Waals surface area contributed by atoms with Crippen LogP contribution in [0.1, 0.15) is 27.2 Å². The lowest BCUT2D eigenvalue weighted by Gasteiger charge is -2.10. The minimum absolute atomic E-state index is 0.354. The van der Waals surface area contributed by atoms with Crippen molar-refractivity contribution in [3.63, 3.8) is 0 Å². The zero-order chi connectivity index (χ0) is 15.0. The van der Waals surface area contributed by atoms with Crippen LogP contribution in [0.3, 0.4) is 0 Å². The third-order valence-electron chi connectivity index (χ3n) is 3.82. The van der Waals surface area contributed by atoms with E-state index >= 15 is 0 Å². The Bertz CT molecular complexity index is 813. The molecule has 1 aromatic heterocycles. The number of nitrogens with zero attached hydrogens (tertiary/aromatic N) is 1. The molecule has 21 heavy (non-hydrogen) atoms. The molecular weight excluding hydrogens is 262 g/mol. The van der Waals surface area contributed by atoms with Crippen LogP contribution in [0.2, 0.25) is 0 Å². The quantitative estimate of drug-likeness (QED) is 0.787. The lowest BCUT2D eigenvalue weighted by molar-refractivity contribution is 0.0698. The van der Waals surface area contributed by atoms with Crippen molar-refractivity contribution in [3.05, 3.63) is 70.9 Å². The molecular formula is C18H17NO2. The number of aromatic carboxylic acids is 1. The molecule has 0 spiro atoms. The van der Waals surface area contributed by atoms with E-state index < -0.39 is 5.97 Å². The summed E-state index contributed by atoms with van der Waals surface area (Å²) in [7, 11) is 0. The van der Waals surface area contributed by atoms with Crippen molar-refractivity contribution < 1.29 is 9.90 Å². The van der Waals surface area contributed by atoms with Crippen LogP contribution in [0, 0.1) is 13.8 Å². The molecule has 0 unspecified atom stereocenters. The van der Waals surface area contributed by atoms with Gasteiger partial charge in [0.2, 0.25) is 0 Å². The summed E-state index contributed by atoms with van der Waals surface area (Å²) in [4.78, 5) is 11.5. The molecule has 0 radical (unpaired) electrons. The monoisotopic (exact) mass is 279 g/mol. The summed E-state index contributed by atoms with van der Waals surface area (Å²) in [5.41, 5.74) is 4.61. The van der Waals surface area contributed by atoms with E-state index in [2.05, 4.69) is 35.8 Å². The lowest BCUT2D eigenvalue weighted by Crippen LogP contribution is -2.06. The van der Waals surface area contributed by atoms with Crippen molar-refractivity contribution in [3.8, 4) is 0 Å². The second-order valence-corrected chi connectivity index (χ2v) is 5.41. The first kappa shape index (κ1) is 13.4. The smallest absolute Gasteiger partial charge is 0.337 e. The Labute approximate surface area is 123 Å². The maximum Gasteiger partial charge on any atom is 0.337 e. The molecule has 3 aromatic rings. The minimum Gasteiger partial charge on any atom is -0.478 e. The van der Waals surface area contributed by atoms with Gasteiger partial charge in [-0.05, 0) is 31.5 Å². The van der Waals surface area contributed by atoms with Crippen molar-refractivity contribution in [2.45, 2.75) is 20.4 Å². The standard InChI is InChI=1S/C18H17NO2/c1-12-6-8-14(9-7-12)11-19-13(2)10-15-4-3-5-16(17(15)19)18(20)21/h3-10H,11H2,1-2H3,(H,20,21). The van der Waals surface area contributed by atoms with Crippen molar-refractivity contribution in [1.82, 2.24) is 4.57 Å². The minimum atomic E-state index is -0.885. The van der Waals surface area contributed by atoms with Crippen molar-refractivity contribution >= 4 is 16.9 Å². The van der Waals surface area contributed by atoms with Gasteiger partial charge in [0.1, 0.15) is 0 Å². The number of aryl methyl sites for hydroxylation is 2. The van der Waals surface area contributed by atoms with E-state index in [1.807, 2.05) is 19.1 Å². The number of carboxylic acid groups (broad SMARTS) is 1. The van der Waals surface area contributed by atoms with Crippen LogP contribution < -0.4 is 0 Å². The molecule has 0 aliphatic rings. The summed E-state index contributed by atoms with van der Waals surface area (Å²) in [5.74, 6) is -0.885. The maximum atomic E-state index is 11.5. The Kier molecular flexibility index (Phi) is 3.26. The molecule has 0 bridgehead atoms. The Morgan fingerprint density at radius 2 is 1.81 bits per heavy atom. The number of para-hydroxylation sites is 1.